The van der Waals surface area contributed by atoms with E-state index in [1.807, 2.05) is 0 Å². The van der Waals surface area contributed by atoms with Crippen LogP contribution in [0.4, 0.5) is 5.69 Å². The standard InChI is InChI=1S/C17H20N2O6/c1-10(17(22)23)18(2)15(20)12-5-6-19(16(12)21)11-3-4-13-14(9-11)25-8-7-24-13/h3-4,9-10,12H,5-8H2,1-2H3,(H,22,23)/t10-,12+/m0/s1. The molecule has 134 valence electrons. The van der Waals surface area contributed by atoms with E-state index in [1.165, 1.54) is 18.9 Å². The molecule has 0 bridgehead atoms. The van der Waals surface area contributed by atoms with Crippen molar-refractivity contribution in [3.05, 3.63) is 18.2 Å². The van der Waals surface area contributed by atoms with Crippen LogP contribution in [0.2, 0.25) is 0 Å². The number of nitrogens with zero attached hydrogens (tertiary/aromatic N) is 2. The Morgan fingerprint density at radius 3 is 2.64 bits per heavy atom. The van der Waals surface area contributed by atoms with E-state index in [0.717, 1.165) is 4.90 Å². The minimum absolute atomic E-state index is 0.328. The van der Waals surface area contributed by atoms with Crippen molar-refractivity contribution < 1.29 is 29.0 Å². The SMILES string of the molecule is C[C@@H](C(=O)O)N(C)C(=O)[C@H]1CCN(c2ccc3c(c2)OCCO3)C1=O. The molecule has 1 aromatic carbocycles. The molecule has 2 atom stereocenters. The van der Waals surface area contributed by atoms with Crippen LogP contribution in [0.3, 0.4) is 0 Å². The van der Waals surface area contributed by atoms with Crippen molar-refractivity contribution in [1.29, 1.82) is 0 Å². The van der Waals surface area contributed by atoms with Crippen molar-refractivity contribution in [3.8, 4) is 11.5 Å². The van der Waals surface area contributed by atoms with Crippen molar-refractivity contribution in [2.75, 3.05) is 31.7 Å². The first kappa shape index (κ1) is 17.1. The van der Waals surface area contributed by atoms with Crippen LogP contribution in [0, 0.1) is 5.92 Å². The van der Waals surface area contributed by atoms with Crippen molar-refractivity contribution in [3.63, 3.8) is 0 Å². The van der Waals surface area contributed by atoms with Crippen LogP contribution in [0.15, 0.2) is 18.2 Å². The number of carbonyl (C=O) groups is 3. The number of fused-ring (bicyclic) bond motifs is 1. The number of ether oxygens (including phenoxy) is 2. The molecule has 1 N–H and O–H groups in total. The predicted octanol–water partition coefficient (Wildman–Crippen LogP) is 0.742. The molecule has 2 amide bonds. The fourth-order valence-electron chi connectivity index (χ4n) is 2.97. The van der Waals surface area contributed by atoms with E-state index in [-0.39, 0.29) is 5.91 Å². The summed E-state index contributed by atoms with van der Waals surface area (Å²) in [6, 6.07) is 4.24. The van der Waals surface area contributed by atoms with Gasteiger partial charge in [-0.15, -0.1) is 0 Å². The van der Waals surface area contributed by atoms with Crippen molar-refractivity contribution in [2.45, 2.75) is 19.4 Å². The molecular formula is C17H20N2O6. The van der Waals surface area contributed by atoms with E-state index in [4.69, 9.17) is 14.6 Å². The summed E-state index contributed by atoms with van der Waals surface area (Å²) in [5, 5.41) is 9.04. The Hall–Kier alpha value is -2.77. The monoisotopic (exact) mass is 348 g/mol. The quantitative estimate of drug-likeness (QED) is 0.807. The maximum atomic E-state index is 12.7. The molecule has 0 radical (unpaired) electrons. The number of likely N-dealkylation sites (N-methyl/N-ethyl adjacent to an activating group) is 1. The topological polar surface area (TPSA) is 96.4 Å². The van der Waals surface area contributed by atoms with Gasteiger partial charge >= 0.3 is 5.97 Å². The molecule has 1 aromatic rings. The summed E-state index contributed by atoms with van der Waals surface area (Å²) >= 11 is 0. The lowest BCUT2D eigenvalue weighted by Crippen LogP contribution is -2.45. The number of carboxylic acid groups (broad SMARTS) is 1. The maximum absolute atomic E-state index is 12.7. The second-order valence-electron chi connectivity index (χ2n) is 6.12. The number of amides is 2. The van der Waals surface area contributed by atoms with Gasteiger partial charge < -0.3 is 24.4 Å². The van der Waals surface area contributed by atoms with Crippen LogP contribution in [0.1, 0.15) is 13.3 Å². The Labute approximate surface area is 144 Å². The average molecular weight is 348 g/mol. The van der Waals surface area contributed by atoms with Gasteiger partial charge in [0, 0.05) is 25.3 Å². The summed E-state index contributed by atoms with van der Waals surface area (Å²) in [5.41, 5.74) is 0.637. The number of rotatable bonds is 4. The highest BCUT2D eigenvalue weighted by molar-refractivity contribution is 6.10. The van der Waals surface area contributed by atoms with Gasteiger partial charge in [0.1, 0.15) is 25.2 Å². The van der Waals surface area contributed by atoms with Gasteiger partial charge in [-0.2, -0.15) is 0 Å². The minimum Gasteiger partial charge on any atom is -0.486 e. The second-order valence-corrected chi connectivity index (χ2v) is 6.12. The Kier molecular flexibility index (Phi) is 4.52. The second kappa shape index (κ2) is 6.62. The zero-order valence-electron chi connectivity index (χ0n) is 14.1. The van der Waals surface area contributed by atoms with Gasteiger partial charge in [0.25, 0.3) is 0 Å². The zero-order chi connectivity index (χ0) is 18.1. The first-order valence-electron chi connectivity index (χ1n) is 8.10. The Morgan fingerprint density at radius 2 is 1.96 bits per heavy atom. The van der Waals surface area contributed by atoms with Crippen molar-refractivity contribution in [2.24, 2.45) is 5.92 Å². The lowest BCUT2D eigenvalue weighted by Gasteiger charge is -2.25. The third-order valence-electron chi connectivity index (χ3n) is 4.63. The molecule has 0 aliphatic carbocycles. The highest BCUT2D eigenvalue weighted by Gasteiger charge is 2.40. The van der Waals surface area contributed by atoms with Gasteiger partial charge in [0.15, 0.2) is 11.5 Å². The predicted molar refractivity (Wildman–Crippen MR) is 87.8 cm³/mol. The molecule has 0 unspecified atom stereocenters. The number of benzene rings is 1. The van der Waals surface area contributed by atoms with Crippen molar-refractivity contribution >= 4 is 23.5 Å². The number of carbonyl (C=O) groups excluding carboxylic acids is 2. The van der Waals surface area contributed by atoms with E-state index < -0.39 is 23.8 Å². The smallest absolute Gasteiger partial charge is 0.326 e. The van der Waals surface area contributed by atoms with Gasteiger partial charge in [-0.3, -0.25) is 9.59 Å². The third kappa shape index (κ3) is 3.11. The lowest BCUT2D eigenvalue weighted by molar-refractivity contribution is -0.151. The average Bonchev–Trinajstić information content (AvgIpc) is 3.00. The molecule has 2 heterocycles. The molecule has 1 fully saturated rings. The zero-order valence-corrected chi connectivity index (χ0v) is 14.1. The molecule has 8 heteroatoms. The summed E-state index contributed by atoms with van der Waals surface area (Å²) in [5.74, 6) is -1.57. The van der Waals surface area contributed by atoms with Crippen LogP contribution >= 0.6 is 0 Å². The molecule has 2 aliphatic heterocycles. The summed E-state index contributed by atoms with van der Waals surface area (Å²) in [6.07, 6.45) is 0.350. The van der Waals surface area contributed by atoms with Gasteiger partial charge in [-0.05, 0) is 25.5 Å². The number of hydrogen-bond acceptors (Lipinski definition) is 5. The van der Waals surface area contributed by atoms with Gasteiger partial charge in [0.2, 0.25) is 11.8 Å². The number of hydrogen-bond donors (Lipinski definition) is 1. The van der Waals surface area contributed by atoms with Gasteiger partial charge in [0.05, 0.1) is 0 Å². The van der Waals surface area contributed by atoms with Crippen LogP contribution < -0.4 is 14.4 Å². The first-order chi connectivity index (χ1) is 11.9. The molecule has 8 nitrogen and oxygen atoms in total. The van der Waals surface area contributed by atoms with Crippen molar-refractivity contribution in [1.82, 2.24) is 4.90 Å². The highest BCUT2D eigenvalue weighted by atomic mass is 16.6. The van der Waals surface area contributed by atoms with Gasteiger partial charge in [-0.1, -0.05) is 0 Å². The molecule has 2 aliphatic rings. The number of anilines is 1. The fourth-order valence-corrected chi connectivity index (χ4v) is 2.97. The van der Waals surface area contributed by atoms with Crippen LogP contribution in [0.25, 0.3) is 0 Å². The maximum Gasteiger partial charge on any atom is 0.326 e. The van der Waals surface area contributed by atoms with Crippen LogP contribution in [0.5, 0.6) is 11.5 Å². The molecular weight excluding hydrogens is 328 g/mol. The molecule has 1 saturated heterocycles. The fraction of sp³-hybridized carbons (Fsp3) is 0.471. The number of carboxylic acids is 1. The first-order valence-corrected chi connectivity index (χ1v) is 8.10. The minimum atomic E-state index is -1.11. The molecule has 3 rings (SSSR count). The van der Waals surface area contributed by atoms with E-state index in [9.17, 15) is 14.4 Å². The molecule has 0 aromatic heterocycles. The summed E-state index contributed by atoms with van der Waals surface area (Å²) < 4.78 is 11.0. The van der Waals surface area contributed by atoms with E-state index in [1.54, 1.807) is 18.2 Å². The van der Waals surface area contributed by atoms with Crippen LogP contribution in [-0.2, 0) is 14.4 Å². The largest absolute Gasteiger partial charge is 0.486 e. The summed E-state index contributed by atoms with van der Waals surface area (Å²) in [7, 11) is 1.40. The Balaban J connectivity index is 1.75. The summed E-state index contributed by atoms with van der Waals surface area (Å²) in [4.78, 5) is 38.8. The normalized spacial score (nSPS) is 20.3. The lowest BCUT2D eigenvalue weighted by atomic mass is 10.1. The third-order valence-corrected chi connectivity index (χ3v) is 4.63. The summed E-state index contributed by atoms with van der Waals surface area (Å²) in [6.45, 7) is 2.74. The highest BCUT2D eigenvalue weighted by Crippen LogP contribution is 2.36. The Morgan fingerprint density at radius 1 is 1.28 bits per heavy atom. The number of aliphatic carboxylic acids is 1. The van der Waals surface area contributed by atoms with Crippen LogP contribution in [-0.4, -0.2) is 60.6 Å². The van der Waals surface area contributed by atoms with E-state index in [0.29, 0.717) is 43.4 Å². The molecule has 0 spiro atoms. The Bertz CT molecular complexity index is 719. The van der Waals surface area contributed by atoms with E-state index >= 15 is 0 Å². The van der Waals surface area contributed by atoms with E-state index in [2.05, 4.69) is 0 Å². The van der Waals surface area contributed by atoms with Gasteiger partial charge in [-0.25, -0.2) is 4.79 Å². The molecule has 0 saturated carbocycles. The molecule has 25 heavy (non-hydrogen) atoms.